The molecular weight excluding hydrogens is 308 g/mol. The van der Waals surface area contributed by atoms with Crippen molar-refractivity contribution in [3.05, 3.63) is 6.20 Å². The molecule has 8 nitrogen and oxygen atoms in total. The fourth-order valence-corrected chi connectivity index (χ4v) is 2.92. The highest BCUT2D eigenvalue weighted by molar-refractivity contribution is 5.81. The summed E-state index contributed by atoms with van der Waals surface area (Å²) in [7, 11) is 1.59. The highest BCUT2D eigenvalue weighted by atomic mass is 16.5. The molecule has 130 valence electrons. The van der Waals surface area contributed by atoms with Gasteiger partial charge in [-0.05, 0) is 34.1 Å². The summed E-state index contributed by atoms with van der Waals surface area (Å²) in [5.41, 5.74) is 0.522. The Kier molecular flexibility index (Phi) is 4.06. The lowest BCUT2D eigenvalue weighted by atomic mass is 10.00. The van der Waals surface area contributed by atoms with Crippen molar-refractivity contribution in [1.29, 1.82) is 0 Å². The molecule has 0 spiro atoms. The standard InChI is InChI=1S/C16H24N6O2/c1-9-11(6-7-12(23)18-9)19-15-20-13-10(14(21-15)24-5)8-17-22(13)16(2,3)4/h8-9,11H,6-7H2,1-5H3,(H,18,23)(H,19,20,21). The number of hydrogen-bond donors (Lipinski definition) is 2. The summed E-state index contributed by atoms with van der Waals surface area (Å²) in [5.74, 6) is 1.06. The van der Waals surface area contributed by atoms with Crippen molar-refractivity contribution < 1.29 is 9.53 Å². The molecule has 2 unspecified atom stereocenters. The van der Waals surface area contributed by atoms with Crippen LogP contribution in [0, 0.1) is 0 Å². The van der Waals surface area contributed by atoms with Crippen LogP contribution in [0.25, 0.3) is 11.0 Å². The van der Waals surface area contributed by atoms with Crippen LogP contribution in [0.5, 0.6) is 5.88 Å². The maximum atomic E-state index is 11.5. The third kappa shape index (κ3) is 3.00. The maximum Gasteiger partial charge on any atom is 0.229 e. The Morgan fingerprint density at radius 2 is 2.12 bits per heavy atom. The van der Waals surface area contributed by atoms with Crippen molar-refractivity contribution >= 4 is 22.9 Å². The van der Waals surface area contributed by atoms with E-state index >= 15 is 0 Å². The molecule has 1 saturated heterocycles. The fourth-order valence-electron chi connectivity index (χ4n) is 2.92. The minimum atomic E-state index is -0.204. The Balaban J connectivity index is 1.98. The van der Waals surface area contributed by atoms with Gasteiger partial charge in [-0.2, -0.15) is 15.1 Å². The average Bonchev–Trinajstić information content (AvgIpc) is 2.93. The van der Waals surface area contributed by atoms with Crippen LogP contribution in [-0.4, -0.2) is 44.8 Å². The third-order valence-corrected chi connectivity index (χ3v) is 4.21. The fraction of sp³-hybridized carbons (Fsp3) is 0.625. The van der Waals surface area contributed by atoms with Gasteiger partial charge in [0.25, 0.3) is 0 Å². The van der Waals surface area contributed by atoms with Gasteiger partial charge in [0.15, 0.2) is 5.65 Å². The summed E-state index contributed by atoms with van der Waals surface area (Å²) < 4.78 is 7.28. The lowest BCUT2D eigenvalue weighted by Gasteiger charge is -2.30. The number of nitrogens with one attached hydrogen (secondary N) is 2. The molecule has 2 atom stereocenters. The molecule has 1 amide bonds. The van der Waals surface area contributed by atoms with Crippen molar-refractivity contribution in [3.63, 3.8) is 0 Å². The Bertz CT molecular complexity index is 764. The summed E-state index contributed by atoms with van der Waals surface area (Å²) in [5, 5.41) is 11.5. The van der Waals surface area contributed by atoms with Gasteiger partial charge in [0.2, 0.25) is 17.7 Å². The van der Waals surface area contributed by atoms with Crippen LogP contribution in [0.15, 0.2) is 6.20 Å². The first-order valence-corrected chi connectivity index (χ1v) is 8.15. The normalized spacial score (nSPS) is 21.6. The molecule has 0 saturated carbocycles. The molecule has 2 aromatic heterocycles. The number of carbonyl (C=O) groups is 1. The zero-order chi connectivity index (χ0) is 17.5. The smallest absolute Gasteiger partial charge is 0.229 e. The number of rotatable bonds is 3. The maximum absolute atomic E-state index is 11.5. The molecule has 24 heavy (non-hydrogen) atoms. The van der Waals surface area contributed by atoms with E-state index in [1.807, 2.05) is 11.6 Å². The summed E-state index contributed by atoms with van der Waals surface area (Å²) in [6.07, 6.45) is 2.98. The number of hydrogen-bond acceptors (Lipinski definition) is 6. The molecule has 2 N–H and O–H groups in total. The molecule has 2 aromatic rings. The molecule has 0 bridgehead atoms. The lowest BCUT2D eigenvalue weighted by molar-refractivity contribution is -0.123. The quantitative estimate of drug-likeness (QED) is 0.888. The molecule has 3 rings (SSSR count). The largest absolute Gasteiger partial charge is 0.480 e. The molecule has 0 aromatic carbocycles. The van der Waals surface area contributed by atoms with Gasteiger partial charge in [0.1, 0.15) is 5.39 Å². The second-order valence-corrected chi connectivity index (χ2v) is 7.17. The molecule has 1 aliphatic rings. The van der Waals surface area contributed by atoms with E-state index in [4.69, 9.17) is 4.74 Å². The molecular formula is C16H24N6O2. The number of piperidine rings is 1. The average molecular weight is 332 g/mol. The summed E-state index contributed by atoms with van der Waals surface area (Å²) in [4.78, 5) is 20.6. The first-order chi connectivity index (χ1) is 11.3. The van der Waals surface area contributed by atoms with Crippen LogP contribution in [0.4, 0.5) is 5.95 Å². The Labute approximate surface area is 141 Å². The zero-order valence-corrected chi connectivity index (χ0v) is 14.8. The predicted molar refractivity (Wildman–Crippen MR) is 91.1 cm³/mol. The first-order valence-electron chi connectivity index (χ1n) is 8.15. The van der Waals surface area contributed by atoms with Crippen molar-refractivity contribution in [2.24, 2.45) is 0 Å². The van der Waals surface area contributed by atoms with Gasteiger partial charge in [-0.1, -0.05) is 0 Å². The van der Waals surface area contributed by atoms with E-state index in [1.54, 1.807) is 13.3 Å². The van der Waals surface area contributed by atoms with Gasteiger partial charge in [-0.25, -0.2) is 4.68 Å². The Hall–Kier alpha value is -2.38. The van der Waals surface area contributed by atoms with Crippen LogP contribution >= 0.6 is 0 Å². The van der Waals surface area contributed by atoms with Crippen LogP contribution in [0.2, 0.25) is 0 Å². The van der Waals surface area contributed by atoms with Crippen LogP contribution in [0.3, 0.4) is 0 Å². The predicted octanol–water partition coefficient (Wildman–Crippen LogP) is 1.67. The lowest BCUT2D eigenvalue weighted by Crippen LogP contribution is -2.49. The second kappa shape index (κ2) is 5.92. The number of aromatic nitrogens is 4. The first kappa shape index (κ1) is 16.5. The molecule has 1 aliphatic heterocycles. The van der Waals surface area contributed by atoms with Gasteiger partial charge < -0.3 is 15.4 Å². The minimum Gasteiger partial charge on any atom is -0.480 e. The van der Waals surface area contributed by atoms with E-state index in [-0.39, 0.29) is 23.5 Å². The van der Waals surface area contributed by atoms with Crippen LogP contribution in [0.1, 0.15) is 40.5 Å². The summed E-state index contributed by atoms with van der Waals surface area (Å²) >= 11 is 0. The number of methoxy groups -OCH3 is 1. The van der Waals surface area contributed by atoms with Gasteiger partial charge >= 0.3 is 0 Å². The second-order valence-electron chi connectivity index (χ2n) is 7.17. The molecule has 0 radical (unpaired) electrons. The highest BCUT2D eigenvalue weighted by Gasteiger charge is 2.27. The highest BCUT2D eigenvalue weighted by Crippen LogP contribution is 2.28. The summed E-state index contributed by atoms with van der Waals surface area (Å²) in [6, 6.07) is 0.0972. The van der Waals surface area contributed by atoms with Gasteiger partial charge in [-0.15, -0.1) is 0 Å². The topological polar surface area (TPSA) is 94.0 Å². The SMILES string of the molecule is COc1nc(NC2CCC(=O)NC2C)nc2c1cnn2C(C)(C)C. The number of nitrogens with zero attached hydrogens (tertiary/aromatic N) is 4. The van der Waals surface area contributed by atoms with E-state index < -0.39 is 0 Å². The van der Waals surface area contributed by atoms with E-state index in [2.05, 4.69) is 46.5 Å². The minimum absolute atomic E-state index is 0.0177. The van der Waals surface area contributed by atoms with Gasteiger partial charge in [-0.3, -0.25) is 4.79 Å². The van der Waals surface area contributed by atoms with Crippen molar-refractivity contribution in [2.75, 3.05) is 12.4 Å². The molecule has 8 heteroatoms. The van der Waals surface area contributed by atoms with Crippen molar-refractivity contribution in [3.8, 4) is 5.88 Å². The van der Waals surface area contributed by atoms with Crippen LogP contribution < -0.4 is 15.4 Å². The number of anilines is 1. The monoisotopic (exact) mass is 332 g/mol. The molecule has 0 aliphatic carbocycles. The van der Waals surface area contributed by atoms with E-state index in [1.165, 1.54) is 0 Å². The number of carbonyl (C=O) groups excluding carboxylic acids is 1. The molecule has 3 heterocycles. The Morgan fingerprint density at radius 3 is 2.75 bits per heavy atom. The third-order valence-electron chi connectivity index (χ3n) is 4.21. The van der Waals surface area contributed by atoms with Crippen molar-refractivity contribution in [1.82, 2.24) is 25.1 Å². The molecule has 1 fully saturated rings. The number of amides is 1. The Morgan fingerprint density at radius 1 is 1.38 bits per heavy atom. The van der Waals surface area contributed by atoms with E-state index in [0.717, 1.165) is 17.5 Å². The zero-order valence-electron chi connectivity index (χ0n) is 14.8. The number of fused-ring (bicyclic) bond motifs is 1. The van der Waals surface area contributed by atoms with E-state index in [9.17, 15) is 4.79 Å². The van der Waals surface area contributed by atoms with Gasteiger partial charge in [0.05, 0.1) is 18.8 Å². The van der Waals surface area contributed by atoms with Gasteiger partial charge in [0, 0.05) is 18.5 Å². The van der Waals surface area contributed by atoms with Crippen molar-refractivity contribution in [2.45, 2.75) is 58.2 Å². The van der Waals surface area contributed by atoms with E-state index in [0.29, 0.717) is 18.2 Å². The van der Waals surface area contributed by atoms with Crippen LogP contribution in [-0.2, 0) is 10.3 Å². The summed E-state index contributed by atoms with van der Waals surface area (Å²) in [6.45, 7) is 8.18. The number of ether oxygens (including phenoxy) is 1.